The molecule has 3 aromatic carbocycles. The first-order valence-electron chi connectivity index (χ1n) is 14.8. The first-order chi connectivity index (χ1) is 21.5. The summed E-state index contributed by atoms with van der Waals surface area (Å²) in [7, 11) is 0. The number of carbonyl (C=O) groups excluding carboxylic acids is 1. The summed E-state index contributed by atoms with van der Waals surface area (Å²) in [6, 6.07) is 19.2. The number of hydrogen-bond donors (Lipinski definition) is 1. The fraction of sp³-hybridized carbons (Fsp3) is 0.314. The largest absolute Gasteiger partial charge is 0.478 e. The van der Waals surface area contributed by atoms with Crippen molar-refractivity contribution in [3.05, 3.63) is 107 Å². The van der Waals surface area contributed by atoms with Gasteiger partial charge in [0, 0.05) is 24.8 Å². The molecule has 1 amide bonds. The smallest absolute Gasteiger partial charge is 0.410 e. The highest BCUT2D eigenvalue weighted by atomic mass is 19.1. The number of rotatable bonds is 9. The Hall–Kier alpha value is -4.70. The highest BCUT2D eigenvalue weighted by Crippen LogP contribution is 2.36. The minimum atomic E-state index is -1.13. The van der Waals surface area contributed by atoms with Gasteiger partial charge in [0.25, 0.3) is 0 Å². The van der Waals surface area contributed by atoms with Crippen molar-refractivity contribution in [2.75, 3.05) is 13.1 Å². The Morgan fingerprint density at radius 1 is 0.933 bits per heavy atom. The van der Waals surface area contributed by atoms with Crippen LogP contribution in [0.2, 0.25) is 0 Å². The maximum Gasteiger partial charge on any atom is 0.410 e. The van der Waals surface area contributed by atoms with E-state index in [1.165, 1.54) is 18.2 Å². The Labute approximate surface area is 260 Å². The van der Waals surface area contributed by atoms with E-state index in [4.69, 9.17) is 14.2 Å². The Bertz CT molecular complexity index is 1630. The lowest BCUT2D eigenvalue weighted by atomic mass is 10.0. The number of likely N-dealkylation sites (tertiary alicyclic amines) is 1. The highest BCUT2D eigenvalue weighted by Gasteiger charge is 2.32. The lowest BCUT2D eigenvalue weighted by Crippen LogP contribution is -2.43. The first kappa shape index (κ1) is 31.7. The molecule has 236 valence electrons. The van der Waals surface area contributed by atoms with Gasteiger partial charge < -0.3 is 28.8 Å². The van der Waals surface area contributed by atoms with E-state index in [1.54, 1.807) is 23.2 Å². The van der Waals surface area contributed by atoms with Gasteiger partial charge in [-0.3, -0.25) is 0 Å². The van der Waals surface area contributed by atoms with Crippen LogP contribution in [0, 0.1) is 11.6 Å². The van der Waals surface area contributed by atoms with Crippen LogP contribution in [0.4, 0.5) is 13.6 Å². The molecule has 0 saturated carbocycles. The number of amides is 1. The van der Waals surface area contributed by atoms with E-state index in [0.29, 0.717) is 36.3 Å². The van der Waals surface area contributed by atoms with E-state index in [0.717, 1.165) is 24.1 Å². The van der Waals surface area contributed by atoms with E-state index in [9.17, 15) is 23.5 Å². The molecule has 1 saturated heterocycles. The van der Waals surface area contributed by atoms with Gasteiger partial charge in [0.2, 0.25) is 0 Å². The molecule has 8 nitrogen and oxygen atoms in total. The Morgan fingerprint density at radius 2 is 1.62 bits per heavy atom. The van der Waals surface area contributed by atoms with Gasteiger partial charge in [-0.05, 0) is 69.0 Å². The van der Waals surface area contributed by atoms with Gasteiger partial charge in [-0.1, -0.05) is 48.5 Å². The van der Waals surface area contributed by atoms with Crippen LogP contribution in [0.3, 0.4) is 0 Å². The van der Waals surface area contributed by atoms with Crippen molar-refractivity contribution in [2.45, 2.75) is 58.5 Å². The van der Waals surface area contributed by atoms with Gasteiger partial charge in [0.1, 0.15) is 11.4 Å². The quantitative estimate of drug-likeness (QED) is 0.203. The van der Waals surface area contributed by atoms with Crippen molar-refractivity contribution in [2.24, 2.45) is 0 Å². The average Bonchev–Trinajstić information content (AvgIpc) is 3.39. The second kappa shape index (κ2) is 13.5. The van der Waals surface area contributed by atoms with Crippen LogP contribution < -0.4 is 4.74 Å². The second-order valence-corrected chi connectivity index (χ2v) is 12.0. The normalized spacial score (nSPS) is 15.1. The molecule has 4 aromatic rings. The Kier molecular flexibility index (Phi) is 9.53. The number of para-hydroxylation sites is 1. The van der Waals surface area contributed by atoms with Crippen LogP contribution in [0.1, 0.15) is 61.3 Å². The summed E-state index contributed by atoms with van der Waals surface area (Å²) in [5.41, 5.74) is 1.86. The van der Waals surface area contributed by atoms with Crippen LogP contribution in [0.25, 0.3) is 11.1 Å². The first-order valence-corrected chi connectivity index (χ1v) is 14.8. The maximum absolute atomic E-state index is 14.1. The molecule has 2 heterocycles. The molecular formula is C35H36F2N2O6. The van der Waals surface area contributed by atoms with Crippen molar-refractivity contribution in [1.82, 2.24) is 9.47 Å². The molecule has 1 N–H and O–H groups in total. The van der Waals surface area contributed by atoms with Gasteiger partial charge >= 0.3 is 12.1 Å². The number of ether oxygens (including phenoxy) is 3. The minimum Gasteiger partial charge on any atom is -0.478 e. The van der Waals surface area contributed by atoms with Gasteiger partial charge in [0.15, 0.2) is 17.4 Å². The van der Waals surface area contributed by atoms with Gasteiger partial charge in [0.05, 0.1) is 30.5 Å². The molecule has 1 atom stereocenters. The lowest BCUT2D eigenvalue weighted by Gasteiger charge is -2.35. The third-order valence-electron chi connectivity index (χ3n) is 7.45. The molecule has 45 heavy (non-hydrogen) atoms. The average molecular weight is 619 g/mol. The van der Waals surface area contributed by atoms with E-state index >= 15 is 0 Å². The summed E-state index contributed by atoms with van der Waals surface area (Å²) in [5.74, 6) is -3.14. The number of carboxylic acid groups (broad SMARTS) is 1. The van der Waals surface area contributed by atoms with Crippen molar-refractivity contribution >= 4 is 12.1 Å². The fourth-order valence-electron chi connectivity index (χ4n) is 5.41. The summed E-state index contributed by atoms with van der Waals surface area (Å²) in [6.45, 7) is 6.63. The van der Waals surface area contributed by atoms with E-state index < -0.39 is 35.0 Å². The standard InChI is InChI=1S/C35H36F2N2O6/c1-35(2,3)45-34(42)38-18-8-11-25(19-38)39-20-27(31(33(40)41)30(39)22-43-21-23-9-5-4-6-10-23)24-14-16-26(17-15-24)44-32-28(36)12-7-13-29(32)37/h4-7,9-10,12-17,20,25H,8,11,18-19,21-22H2,1-3H3,(H,40,41)/t25-/m1/s1. The molecule has 0 radical (unpaired) electrons. The summed E-state index contributed by atoms with van der Waals surface area (Å²) in [6.07, 6.45) is 2.80. The molecular weight excluding hydrogens is 582 g/mol. The van der Waals surface area contributed by atoms with Crippen LogP contribution in [-0.2, 0) is 22.7 Å². The summed E-state index contributed by atoms with van der Waals surface area (Å²) in [5, 5.41) is 10.5. The summed E-state index contributed by atoms with van der Waals surface area (Å²) in [4.78, 5) is 27.4. The zero-order chi connectivity index (χ0) is 32.1. The number of halogens is 2. The third kappa shape index (κ3) is 7.69. The number of nitrogens with zero attached hydrogens (tertiary/aromatic N) is 2. The number of aromatic carboxylic acids is 1. The monoisotopic (exact) mass is 618 g/mol. The van der Waals surface area contributed by atoms with E-state index in [-0.39, 0.29) is 30.6 Å². The molecule has 0 aliphatic carbocycles. The molecule has 1 aliphatic rings. The highest BCUT2D eigenvalue weighted by molar-refractivity contribution is 5.97. The van der Waals surface area contributed by atoms with E-state index in [2.05, 4.69) is 0 Å². The second-order valence-electron chi connectivity index (χ2n) is 12.0. The molecule has 1 aliphatic heterocycles. The third-order valence-corrected chi connectivity index (χ3v) is 7.45. The molecule has 0 unspecified atom stereocenters. The molecule has 0 spiro atoms. The Balaban J connectivity index is 1.48. The van der Waals surface area contributed by atoms with Crippen LogP contribution in [-0.4, -0.2) is 45.3 Å². The van der Waals surface area contributed by atoms with Crippen LogP contribution in [0.5, 0.6) is 11.5 Å². The molecule has 1 aromatic heterocycles. The van der Waals surface area contributed by atoms with Crippen molar-refractivity contribution in [3.8, 4) is 22.6 Å². The maximum atomic E-state index is 14.1. The SMILES string of the molecule is CC(C)(C)OC(=O)N1CCC[C@@H](n2cc(-c3ccc(Oc4c(F)cccc4F)cc3)c(C(=O)O)c2COCc2ccccc2)C1. The Morgan fingerprint density at radius 3 is 2.27 bits per heavy atom. The number of benzene rings is 3. The summed E-state index contributed by atoms with van der Waals surface area (Å²) >= 11 is 0. The molecule has 5 rings (SSSR count). The topological polar surface area (TPSA) is 90.2 Å². The predicted octanol–water partition coefficient (Wildman–Crippen LogP) is 8.21. The number of piperidine rings is 1. The zero-order valence-electron chi connectivity index (χ0n) is 25.5. The molecule has 10 heteroatoms. The lowest BCUT2D eigenvalue weighted by molar-refractivity contribution is 0.0167. The van der Waals surface area contributed by atoms with Gasteiger partial charge in [-0.25, -0.2) is 18.4 Å². The van der Waals surface area contributed by atoms with Crippen LogP contribution >= 0.6 is 0 Å². The number of carboxylic acids is 1. The number of hydrogen-bond acceptors (Lipinski definition) is 5. The van der Waals surface area contributed by atoms with Gasteiger partial charge in [-0.15, -0.1) is 0 Å². The molecule has 0 bridgehead atoms. The fourth-order valence-corrected chi connectivity index (χ4v) is 5.41. The summed E-state index contributed by atoms with van der Waals surface area (Å²) < 4.78 is 47.3. The van der Waals surface area contributed by atoms with Crippen molar-refractivity contribution < 1.29 is 37.7 Å². The van der Waals surface area contributed by atoms with Gasteiger partial charge in [-0.2, -0.15) is 0 Å². The minimum absolute atomic E-state index is 0.0211. The van der Waals surface area contributed by atoms with Crippen LogP contribution in [0.15, 0.2) is 79.0 Å². The number of aromatic nitrogens is 1. The molecule has 1 fully saturated rings. The van der Waals surface area contributed by atoms with Crippen molar-refractivity contribution in [1.29, 1.82) is 0 Å². The zero-order valence-corrected chi connectivity index (χ0v) is 25.5. The van der Waals surface area contributed by atoms with Crippen molar-refractivity contribution in [3.63, 3.8) is 0 Å². The predicted molar refractivity (Wildman–Crippen MR) is 164 cm³/mol. The van der Waals surface area contributed by atoms with E-state index in [1.807, 2.05) is 55.7 Å². The number of carbonyl (C=O) groups is 2.